The molecule has 0 spiro atoms. The molecular formula is C32H38N2O4. The van der Waals surface area contributed by atoms with Crippen molar-refractivity contribution in [3.05, 3.63) is 105 Å². The predicted octanol–water partition coefficient (Wildman–Crippen LogP) is 6.21. The third-order valence-corrected chi connectivity index (χ3v) is 7.32. The Hall–Kier alpha value is -3.67. The number of ether oxygens (including phenoxy) is 1. The molecular weight excluding hydrogens is 476 g/mol. The van der Waals surface area contributed by atoms with E-state index in [0.29, 0.717) is 31.0 Å². The molecule has 1 aliphatic rings. The van der Waals surface area contributed by atoms with Gasteiger partial charge in [0.05, 0.1) is 0 Å². The Morgan fingerprint density at radius 1 is 0.974 bits per heavy atom. The average Bonchev–Trinajstić information content (AvgIpc) is 2.88. The maximum absolute atomic E-state index is 13.3. The molecule has 4 rings (SSSR count). The molecule has 0 saturated carbocycles. The summed E-state index contributed by atoms with van der Waals surface area (Å²) in [6.45, 7) is 9.10. The van der Waals surface area contributed by atoms with Crippen molar-refractivity contribution in [1.82, 2.24) is 9.47 Å². The largest absolute Gasteiger partial charge is 0.444 e. The Balaban J connectivity index is 1.51. The number of aryl methyl sites for hydroxylation is 2. The Labute approximate surface area is 225 Å². The average molecular weight is 515 g/mol. The van der Waals surface area contributed by atoms with Crippen molar-refractivity contribution in [1.29, 1.82) is 0 Å². The molecule has 1 fully saturated rings. The van der Waals surface area contributed by atoms with Crippen LogP contribution in [0.5, 0.6) is 0 Å². The normalized spacial score (nSPS) is 15.2. The van der Waals surface area contributed by atoms with E-state index >= 15 is 0 Å². The summed E-state index contributed by atoms with van der Waals surface area (Å²) in [5.74, 6) is 0.295. The van der Waals surface area contributed by atoms with Crippen LogP contribution in [-0.4, -0.2) is 40.0 Å². The highest BCUT2D eigenvalue weighted by molar-refractivity contribution is 5.96. The number of nitrogens with zero attached hydrogens (tertiary/aromatic N) is 2. The van der Waals surface area contributed by atoms with Gasteiger partial charge in [0.1, 0.15) is 5.60 Å². The molecule has 2 heterocycles. The second kappa shape index (κ2) is 11.4. The summed E-state index contributed by atoms with van der Waals surface area (Å²) in [5.41, 5.74) is 4.53. The molecule has 3 aromatic rings. The van der Waals surface area contributed by atoms with Crippen molar-refractivity contribution in [3.63, 3.8) is 0 Å². The molecule has 1 saturated heterocycles. The maximum atomic E-state index is 13.3. The lowest BCUT2D eigenvalue weighted by Gasteiger charge is -2.33. The highest BCUT2D eigenvalue weighted by atomic mass is 16.6. The number of carbonyl (C=O) groups excluding carboxylic acids is 2. The molecule has 6 heteroatoms. The summed E-state index contributed by atoms with van der Waals surface area (Å²) >= 11 is 0. The molecule has 0 bridgehead atoms. The first-order valence-corrected chi connectivity index (χ1v) is 13.3. The fraction of sp³-hybridized carbons (Fsp3) is 0.406. The van der Waals surface area contributed by atoms with Crippen LogP contribution in [0.1, 0.15) is 84.5 Å². The van der Waals surface area contributed by atoms with Crippen LogP contribution in [0.25, 0.3) is 0 Å². The van der Waals surface area contributed by atoms with Crippen LogP contribution < -0.4 is 5.56 Å². The second-order valence-corrected chi connectivity index (χ2v) is 11.3. The van der Waals surface area contributed by atoms with Gasteiger partial charge in [0.2, 0.25) is 5.56 Å². The van der Waals surface area contributed by atoms with Gasteiger partial charge in [0.25, 0.3) is 0 Å². The minimum absolute atomic E-state index is 0.00689. The zero-order chi connectivity index (χ0) is 27.4. The van der Waals surface area contributed by atoms with Crippen LogP contribution in [0.15, 0.2) is 71.7 Å². The van der Waals surface area contributed by atoms with Gasteiger partial charge in [-0.1, -0.05) is 48.5 Å². The van der Waals surface area contributed by atoms with Crippen molar-refractivity contribution >= 4 is 11.9 Å². The van der Waals surface area contributed by atoms with E-state index in [0.717, 1.165) is 29.5 Å². The summed E-state index contributed by atoms with van der Waals surface area (Å²) in [5, 5.41) is 0. The van der Waals surface area contributed by atoms with E-state index in [2.05, 4.69) is 43.3 Å². The van der Waals surface area contributed by atoms with Crippen LogP contribution in [-0.2, 0) is 11.8 Å². The topological polar surface area (TPSA) is 68.6 Å². The fourth-order valence-corrected chi connectivity index (χ4v) is 5.17. The molecule has 1 atom stereocenters. The Morgan fingerprint density at radius 3 is 2.24 bits per heavy atom. The number of amides is 1. The van der Waals surface area contributed by atoms with Crippen molar-refractivity contribution in [3.8, 4) is 0 Å². The fourth-order valence-electron chi connectivity index (χ4n) is 5.17. The Bertz CT molecular complexity index is 1340. The van der Waals surface area contributed by atoms with E-state index in [9.17, 15) is 14.4 Å². The number of likely N-dealkylation sites (tertiary alicyclic amines) is 1. The third-order valence-electron chi connectivity index (χ3n) is 7.32. The Morgan fingerprint density at radius 2 is 1.63 bits per heavy atom. The van der Waals surface area contributed by atoms with Crippen LogP contribution in [0.4, 0.5) is 4.79 Å². The van der Waals surface area contributed by atoms with Gasteiger partial charge in [-0.2, -0.15) is 0 Å². The van der Waals surface area contributed by atoms with Crippen molar-refractivity contribution in [2.24, 2.45) is 7.05 Å². The van der Waals surface area contributed by atoms with E-state index in [1.54, 1.807) is 24.2 Å². The zero-order valence-electron chi connectivity index (χ0n) is 23.1. The number of Topliss-reactive ketones (excluding diaryl/α,β-unsaturated/α-hetero) is 1. The molecule has 1 aromatic heterocycles. The quantitative estimate of drug-likeness (QED) is 0.367. The molecule has 6 nitrogen and oxygen atoms in total. The van der Waals surface area contributed by atoms with Crippen molar-refractivity contribution < 1.29 is 14.3 Å². The Kier molecular flexibility index (Phi) is 8.20. The maximum Gasteiger partial charge on any atom is 0.410 e. The molecule has 1 unspecified atom stereocenters. The lowest BCUT2D eigenvalue weighted by atomic mass is 9.82. The third kappa shape index (κ3) is 6.60. The second-order valence-electron chi connectivity index (χ2n) is 11.3. The molecule has 0 radical (unpaired) electrons. The summed E-state index contributed by atoms with van der Waals surface area (Å²) in [6, 6.07) is 19.9. The molecule has 2 aromatic carbocycles. The van der Waals surface area contributed by atoms with Gasteiger partial charge in [-0.05, 0) is 74.8 Å². The molecule has 1 amide bonds. The van der Waals surface area contributed by atoms with Gasteiger partial charge < -0.3 is 14.2 Å². The first-order chi connectivity index (χ1) is 18.0. The number of aromatic nitrogens is 1. The van der Waals surface area contributed by atoms with E-state index in [1.165, 1.54) is 16.2 Å². The van der Waals surface area contributed by atoms with Crippen molar-refractivity contribution in [2.45, 2.75) is 64.4 Å². The first kappa shape index (κ1) is 27.4. The smallest absolute Gasteiger partial charge is 0.410 e. The van der Waals surface area contributed by atoms with E-state index in [1.807, 2.05) is 32.9 Å². The highest BCUT2D eigenvalue weighted by Gasteiger charge is 2.28. The van der Waals surface area contributed by atoms with Crippen LogP contribution in [0, 0.1) is 6.92 Å². The zero-order valence-corrected chi connectivity index (χ0v) is 23.1. The molecule has 0 N–H and O–H groups in total. The number of rotatable bonds is 6. The molecule has 38 heavy (non-hydrogen) atoms. The predicted molar refractivity (Wildman–Crippen MR) is 150 cm³/mol. The van der Waals surface area contributed by atoms with Gasteiger partial charge in [-0.3, -0.25) is 9.59 Å². The van der Waals surface area contributed by atoms with E-state index in [4.69, 9.17) is 4.74 Å². The molecule has 200 valence electrons. The van der Waals surface area contributed by atoms with E-state index in [-0.39, 0.29) is 23.4 Å². The SMILES string of the molecule is Cc1ccccc1C(CC(=O)c1ccc(=O)n(C)c1)c1ccc(C2CCN(C(=O)OC(C)(C)C)CC2)cc1. The van der Waals surface area contributed by atoms with Gasteiger partial charge >= 0.3 is 6.09 Å². The monoisotopic (exact) mass is 514 g/mol. The minimum atomic E-state index is -0.490. The number of piperidine rings is 1. The minimum Gasteiger partial charge on any atom is -0.444 e. The number of ketones is 1. The lowest BCUT2D eigenvalue weighted by molar-refractivity contribution is 0.0204. The number of pyridine rings is 1. The number of hydrogen-bond donors (Lipinski definition) is 0. The van der Waals surface area contributed by atoms with Crippen LogP contribution >= 0.6 is 0 Å². The number of carbonyl (C=O) groups is 2. The van der Waals surface area contributed by atoms with Gasteiger partial charge in [0, 0.05) is 50.3 Å². The standard InChI is InChI=1S/C32H38N2O4/c1-22-8-6-7-9-27(22)28(20-29(35)26-14-15-30(36)33(5)21-26)25-12-10-23(11-13-25)24-16-18-34(19-17-24)31(37)38-32(2,3)4/h6-15,21,24,28H,16-20H2,1-5H3. The van der Waals surface area contributed by atoms with Gasteiger partial charge in [0.15, 0.2) is 5.78 Å². The van der Waals surface area contributed by atoms with E-state index < -0.39 is 5.60 Å². The summed E-state index contributed by atoms with van der Waals surface area (Å²) in [7, 11) is 1.66. The summed E-state index contributed by atoms with van der Waals surface area (Å²) in [4.78, 5) is 39.3. The highest BCUT2D eigenvalue weighted by Crippen LogP contribution is 2.34. The lowest BCUT2D eigenvalue weighted by Crippen LogP contribution is -2.41. The van der Waals surface area contributed by atoms with Crippen LogP contribution in [0.3, 0.4) is 0 Å². The molecule has 1 aliphatic heterocycles. The number of hydrogen-bond acceptors (Lipinski definition) is 4. The first-order valence-electron chi connectivity index (χ1n) is 13.3. The number of benzene rings is 2. The summed E-state index contributed by atoms with van der Waals surface area (Å²) in [6.07, 6.45) is 3.48. The van der Waals surface area contributed by atoms with Gasteiger partial charge in [-0.15, -0.1) is 0 Å². The van der Waals surface area contributed by atoms with Crippen LogP contribution in [0.2, 0.25) is 0 Å². The van der Waals surface area contributed by atoms with Crippen molar-refractivity contribution in [2.75, 3.05) is 13.1 Å². The van der Waals surface area contributed by atoms with Gasteiger partial charge in [-0.25, -0.2) is 4.79 Å². The summed E-state index contributed by atoms with van der Waals surface area (Å²) < 4.78 is 6.97. The molecule has 0 aliphatic carbocycles.